The zero-order chi connectivity index (χ0) is 25.7. The van der Waals surface area contributed by atoms with E-state index in [0.717, 1.165) is 11.3 Å². The first-order valence-electron chi connectivity index (χ1n) is 11.6. The number of hydrogen-bond donors (Lipinski definition) is 2. The smallest absolute Gasteiger partial charge is 0.243 e. The lowest BCUT2D eigenvalue weighted by Gasteiger charge is -2.18. The molecule has 2 N–H and O–H groups in total. The maximum absolute atomic E-state index is 12.8. The van der Waals surface area contributed by atoms with E-state index in [1.165, 1.54) is 0 Å². The Hall–Kier alpha value is -3.42. The Morgan fingerprint density at radius 3 is 2.44 bits per heavy atom. The number of rotatable bonds is 9. The number of carbonyl (C=O) groups excluding carboxylic acids is 2. The Balaban J connectivity index is 1.37. The summed E-state index contributed by atoms with van der Waals surface area (Å²) in [6.45, 7) is 4.79. The highest BCUT2D eigenvalue weighted by atomic mass is 35.5. The molecule has 0 aromatic heterocycles. The molecular formula is C27H27Cl2N3O4. The van der Waals surface area contributed by atoms with E-state index < -0.39 is 5.92 Å². The number of benzene rings is 3. The van der Waals surface area contributed by atoms with Gasteiger partial charge in [-0.2, -0.15) is 0 Å². The average Bonchev–Trinajstić information content (AvgIpc) is 3.25. The maximum Gasteiger partial charge on any atom is 0.243 e. The van der Waals surface area contributed by atoms with Gasteiger partial charge in [0, 0.05) is 40.3 Å². The second-order valence-electron chi connectivity index (χ2n) is 8.44. The van der Waals surface area contributed by atoms with Gasteiger partial charge in [-0.05, 0) is 50.2 Å². The first-order chi connectivity index (χ1) is 17.4. The molecule has 0 radical (unpaired) electrons. The van der Waals surface area contributed by atoms with Gasteiger partial charge in [0.1, 0.15) is 6.61 Å². The van der Waals surface area contributed by atoms with Crippen molar-refractivity contribution in [3.8, 4) is 11.5 Å². The Morgan fingerprint density at radius 2 is 1.75 bits per heavy atom. The van der Waals surface area contributed by atoms with Crippen LogP contribution in [0.4, 0.5) is 11.4 Å². The van der Waals surface area contributed by atoms with Crippen LogP contribution in [-0.4, -0.2) is 25.0 Å². The molecule has 1 aliphatic rings. The quantitative estimate of drug-likeness (QED) is 0.345. The van der Waals surface area contributed by atoms with Gasteiger partial charge in [-0.15, -0.1) is 0 Å². The SMILES string of the molecule is CCOc1cc(NNC(=O)[C@H]2CC(=O)N(c3ccc(C)cc3)C2)ccc1OCc1c(Cl)cccc1Cl. The molecule has 9 heteroatoms. The van der Waals surface area contributed by atoms with Crippen LogP contribution in [-0.2, 0) is 16.2 Å². The van der Waals surface area contributed by atoms with Crippen LogP contribution in [0.2, 0.25) is 10.0 Å². The zero-order valence-corrected chi connectivity index (χ0v) is 21.5. The van der Waals surface area contributed by atoms with Gasteiger partial charge in [-0.25, -0.2) is 0 Å². The number of hydrogen-bond acceptors (Lipinski definition) is 5. The summed E-state index contributed by atoms with van der Waals surface area (Å²) in [5.74, 6) is 0.226. The lowest BCUT2D eigenvalue weighted by atomic mass is 10.1. The van der Waals surface area contributed by atoms with Gasteiger partial charge in [0.05, 0.1) is 18.2 Å². The summed E-state index contributed by atoms with van der Waals surface area (Å²) in [5, 5.41) is 1.04. The third-order valence-corrected chi connectivity index (χ3v) is 6.56. The summed E-state index contributed by atoms with van der Waals surface area (Å²) in [4.78, 5) is 26.9. The van der Waals surface area contributed by atoms with Crippen LogP contribution in [0.25, 0.3) is 0 Å². The lowest BCUT2D eigenvalue weighted by Crippen LogP contribution is -2.36. The van der Waals surface area contributed by atoms with E-state index in [2.05, 4.69) is 10.9 Å². The van der Waals surface area contributed by atoms with Crippen molar-refractivity contribution in [2.45, 2.75) is 26.9 Å². The number of amides is 2. The molecule has 1 fully saturated rings. The van der Waals surface area contributed by atoms with Crippen LogP contribution in [0.15, 0.2) is 60.7 Å². The van der Waals surface area contributed by atoms with E-state index in [0.29, 0.717) is 45.9 Å². The van der Waals surface area contributed by atoms with Gasteiger partial charge in [0.2, 0.25) is 11.8 Å². The predicted octanol–water partition coefficient (Wildman–Crippen LogP) is 5.78. The molecule has 3 aromatic rings. The molecule has 0 bridgehead atoms. The zero-order valence-electron chi connectivity index (χ0n) is 20.0. The highest BCUT2D eigenvalue weighted by molar-refractivity contribution is 6.35. The summed E-state index contributed by atoms with van der Waals surface area (Å²) in [6.07, 6.45) is 0.156. The summed E-state index contributed by atoms with van der Waals surface area (Å²) in [5.41, 5.74) is 8.81. The van der Waals surface area contributed by atoms with Crippen LogP contribution in [0.5, 0.6) is 11.5 Å². The molecule has 36 heavy (non-hydrogen) atoms. The maximum atomic E-state index is 12.8. The van der Waals surface area contributed by atoms with E-state index in [1.54, 1.807) is 41.3 Å². The monoisotopic (exact) mass is 527 g/mol. The van der Waals surface area contributed by atoms with Crippen LogP contribution in [0.1, 0.15) is 24.5 Å². The fourth-order valence-electron chi connectivity index (χ4n) is 3.89. The van der Waals surface area contributed by atoms with Gasteiger partial charge in [0.25, 0.3) is 0 Å². The fraction of sp³-hybridized carbons (Fsp3) is 0.259. The van der Waals surface area contributed by atoms with Crippen molar-refractivity contribution in [3.05, 3.63) is 81.8 Å². The Bertz CT molecular complexity index is 1230. The molecule has 0 spiro atoms. The molecule has 188 valence electrons. The van der Waals surface area contributed by atoms with Gasteiger partial charge in [-0.3, -0.25) is 20.4 Å². The molecular weight excluding hydrogens is 501 g/mol. The third-order valence-electron chi connectivity index (χ3n) is 5.85. The molecule has 1 saturated heterocycles. The topological polar surface area (TPSA) is 79.9 Å². The highest BCUT2D eigenvalue weighted by Crippen LogP contribution is 2.33. The van der Waals surface area contributed by atoms with Gasteiger partial charge < -0.3 is 14.4 Å². The second-order valence-corrected chi connectivity index (χ2v) is 9.25. The summed E-state index contributed by atoms with van der Waals surface area (Å²) < 4.78 is 11.6. The molecule has 1 heterocycles. The van der Waals surface area contributed by atoms with E-state index >= 15 is 0 Å². The van der Waals surface area contributed by atoms with Crippen molar-refractivity contribution >= 4 is 46.4 Å². The average molecular weight is 528 g/mol. The summed E-state index contributed by atoms with van der Waals surface area (Å²) in [6, 6.07) is 18.2. The molecule has 0 saturated carbocycles. The number of anilines is 2. The molecule has 1 aliphatic heterocycles. The number of aryl methyl sites for hydroxylation is 1. The molecule has 1 atom stereocenters. The first kappa shape index (κ1) is 25.7. The first-order valence-corrected chi connectivity index (χ1v) is 12.4. The van der Waals surface area contributed by atoms with Gasteiger partial charge in [-0.1, -0.05) is 47.0 Å². The van der Waals surface area contributed by atoms with Crippen molar-refractivity contribution in [2.75, 3.05) is 23.5 Å². The minimum absolute atomic E-state index is 0.0715. The van der Waals surface area contributed by atoms with Crippen LogP contribution < -0.4 is 25.2 Å². The number of ether oxygens (including phenoxy) is 2. The third kappa shape index (κ3) is 6.04. The van der Waals surface area contributed by atoms with Crippen molar-refractivity contribution in [3.63, 3.8) is 0 Å². The summed E-state index contributed by atoms with van der Waals surface area (Å²) >= 11 is 12.5. The number of carbonyl (C=O) groups is 2. The summed E-state index contributed by atoms with van der Waals surface area (Å²) in [7, 11) is 0. The van der Waals surface area contributed by atoms with Crippen LogP contribution >= 0.6 is 23.2 Å². The van der Waals surface area contributed by atoms with Crippen molar-refractivity contribution in [2.24, 2.45) is 5.92 Å². The van der Waals surface area contributed by atoms with Gasteiger partial charge in [0.15, 0.2) is 11.5 Å². The minimum atomic E-state index is -0.458. The van der Waals surface area contributed by atoms with Crippen LogP contribution in [0, 0.1) is 12.8 Å². The molecule has 0 unspecified atom stereocenters. The molecule has 3 aromatic carbocycles. The molecule has 7 nitrogen and oxygen atoms in total. The minimum Gasteiger partial charge on any atom is -0.490 e. The Morgan fingerprint density at radius 1 is 1.03 bits per heavy atom. The Labute approximate surface area is 220 Å². The number of hydrazine groups is 1. The second kappa shape index (κ2) is 11.5. The van der Waals surface area contributed by atoms with Crippen molar-refractivity contribution in [1.29, 1.82) is 0 Å². The van der Waals surface area contributed by atoms with E-state index in [4.69, 9.17) is 32.7 Å². The van der Waals surface area contributed by atoms with E-state index in [-0.39, 0.29) is 24.8 Å². The lowest BCUT2D eigenvalue weighted by molar-refractivity contribution is -0.125. The Kier molecular flexibility index (Phi) is 8.23. The van der Waals surface area contributed by atoms with Crippen molar-refractivity contribution < 1.29 is 19.1 Å². The molecule has 0 aliphatic carbocycles. The van der Waals surface area contributed by atoms with Gasteiger partial charge >= 0.3 is 0 Å². The largest absolute Gasteiger partial charge is 0.490 e. The molecule has 2 amide bonds. The van der Waals surface area contributed by atoms with Crippen molar-refractivity contribution in [1.82, 2.24) is 5.43 Å². The predicted molar refractivity (Wildman–Crippen MR) is 142 cm³/mol. The number of nitrogens with zero attached hydrogens (tertiary/aromatic N) is 1. The van der Waals surface area contributed by atoms with Crippen LogP contribution in [0.3, 0.4) is 0 Å². The number of nitrogens with one attached hydrogen (secondary N) is 2. The standard InChI is InChI=1S/C27H27Cl2N3O4/c1-3-35-25-14-19(9-12-24(25)36-16-21-22(28)5-4-6-23(21)29)30-31-27(34)18-13-26(33)32(15-18)20-10-7-17(2)8-11-20/h4-12,14,18,30H,3,13,15-16H2,1-2H3,(H,31,34)/t18-/m0/s1. The number of halogens is 2. The molecule has 4 rings (SSSR count). The normalized spacial score (nSPS) is 15.1. The van der Waals surface area contributed by atoms with E-state index in [1.807, 2.05) is 38.1 Å². The highest BCUT2D eigenvalue weighted by Gasteiger charge is 2.35. The van der Waals surface area contributed by atoms with E-state index in [9.17, 15) is 9.59 Å². The fourth-order valence-corrected chi connectivity index (χ4v) is 4.39.